The van der Waals surface area contributed by atoms with Crippen LogP contribution >= 0.6 is 15.9 Å². The lowest BCUT2D eigenvalue weighted by molar-refractivity contribution is -0.154. The maximum absolute atomic E-state index is 12.8. The summed E-state index contributed by atoms with van der Waals surface area (Å²) in [5, 5.41) is 2.69. The lowest BCUT2D eigenvalue weighted by Gasteiger charge is -2.38. The third-order valence-electron chi connectivity index (χ3n) is 5.31. The van der Waals surface area contributed by atoms with Crippen LogP contribution in [-0.2, 0) is 19.1 Å². The molecule has 1 aromatic heterocycles. The quantitative estimate of drug-likeness (QED) is 0.289. The fraction of sp³-hybridized carbons (Fsp3) is 0.652. The Hall–Kier alpha value is -2.30. The molecular weight excluding hydrogens is 503 g/mol. The van der Waals surface area contributed by atoms with Gasteiger partial charge in [0.05, 0.1) is 26.9 Å². The summed E-state index contributed by atoms with van der Waals surface area (Å²) < 4.78 is 10.5. The van der Waals surface area contributed by atoms with Gasteiger partial charge in [0.2, 0.25) is 5.91 Å². The van der Waals surface area contributed by atoms with Crippen LogP contribution < -0.4 is 10.2 Å². The number of pyridine rings is 1. The number of ether oxygens (including phenoxy) is 2. The Morgan fingerprint density at radius 3 is 2.38 bits per heavy atom. The molecule has 0 radical (unpaired) electrons. The number of nitrogens with zero attached hydrogens (tertiary/aromatic N) is 3. The van der Waals surface area contributed by atoms with E-state index < -0.39 is 23.7 Å². The van der Waals surface area contributed by atoms with E-state index in [9.17, 15) is 14.4 Å². The molecule has 1 aliphatic heterocycles. The van der Waals surface area contributed by atoms with Crippen molar-refractivity contribution in [2.24, 2.45) is 5.92 Å². The average Bonchev–Trinajstić information content (AvgIpc) is 2.78. The van der Waals surface area contributed by atoms with Gasteiger partial charge in [0, 0.05) is 37.7 Å². The Balaban J connectivity index is 0.00000578. The van der Waals surface area contributed by atoms with Crippen molar-refractivity contribution in [2.75, 3.05) is 43.0 Å². The predicted octanol–water partition coefficient (Wildman–Crippen LogP) is 1.79. The van der Waals surface area contributed by atoms with Crippen LogP contribution in [0.3, 0.4) is 0 Å². The van der Waals surface area contributed by atoms with Crippen LogP contribution in [0.1, 0.15) is 40.5 Å². The first-order chi connectivity index (χ1) is 15.6. The molecule has 190 valence electrons. The minimum Gasteiger partial charge on any atom is -0.464 e. The molecule has 0 aromatic carbocycles. The standard InChI is InChI=1S/C23H35BrN4O5.BH3/c1-5-32-21(30)19(15-26-22(31)33-23(2,3)4)28(20(29)14-24)16-17-8-12-27(13-9-17)18-6-10-25-11-7-18;/h6-7,10-11,17,19H,5,8-9,12-16H2,1-4H3,(H,26,31);1H3. The van der Waals surface area contributed by atoms with Crippen LogP contribution in [0.15, 0.2) is 24.5 Å². The molecule has 1 aliphatic rings. The van der Waals surface area contributed by atoms with Crippen molar-refractivity contribution >= 4 is 48.0 Å². The number of rotatable bonds is 9. The normalized spacial score (nSPS) is 15.0. The third kappa shape index (κ3) is 9.52. The van der Waals surface area contributed by atoms with E-state index in [0.29, 0.717) is 6.54 Å². The molecule has 2 heterocycles. The fourth-order valence-corrected chi connectivity index (χ4v) is 4.06. The van der Waals surface area contributed by atoms with Gasteiger partial charge in [-0.1, -0.05) is 15.9 Å². The third-order valence-corrected chi connectivity index (χ3v) is 5.79. The first-order valence-electron chi connectivity index (χ1n) is 11.3. The summed E-state index contributed by atoms with van der Waals surface area (Å²) in [6.45, 7) is 9.20. The minimum absolute atomic E-state index is 0. The summed E-state index contributed by atoms with van der Waals surface area (Å²) >= 11 is 3.23. The first-order valence-corrected chi connectivity index (χ1v) is 12.4. The molecule has 1 unspecified atom stereocenters. The Labute approximate surface area is 212 Å². The van der Waals surface area contributed by atoms with Crippen molar-refractivity contribution in [3.05, 3.63) is 24.5 Å². The first kappa shape index (κ1) is 29.7. The molecule has 1 aromatic rings. The van der Waals surface area contributed by atoms with E-state index in [2.05, 4.69) is 31.1 Å². The van der Waals surface area contributed by atoms with Gasteiger partial charge in [-0.05, 0) is 58.6 Å². The maximum Gasteiger partial charge on any atom is 0.407 e. The second-order valence-corrected chi connectivity index (χ2v) is 9.53. The zero-order valence-corrected chi connectivity index (χ0v) is 21.5. The van der Waals surface area contributed by atoms with E-state index >= 15 is 0 Å². The number of aromatic nitrogens is 1. The number of esters is 1. The molecule has 0 saturated carbocycles. The molecule has 11 heteroatoms. The molecule has 9 nitrogen and oxygen atoms in total. The largest absolute Gasteiger partial charge is 0.464 e. The lowest BCUT2D eigenvalue weighted by Crippen LogP contribution is -2.54. The average molecular weight is 541 g/mol. The molecule has 0 spiro atoms. The zero-order valence-electron chi connectivity index (χ0n) is 19.9. The molecule has 1 N–H and O–H groups in total. The number of nitrogens with one attached hydrogen (secondary N) is 1. The molecule has 1 fully saturated rings. The summed E-state index contributed by atoms with van der Waals surface area (Å²) in [5.74, 6) is -0.544. The second-order valence-electron chi connectivity index (χ2n) is 8.97. The molecular formula is C23H38BBrN4O5. The Morgan fingerprint density at radius 2 is 1.85 bits per heavy atom. The van der Waals surface area contributed by atoms with E-state index in [0.717, 1.165) is 31.6 Å². The summed E-state index contributed by atoms with van der Waals surface area (Å²) in [6.07, 6.45) is 4.67. The zero-order chi connectivity index (χ0) is 24.4. The number of hydrogen-bond donors (Lipinski definition) is 1. The van der Waals surface area contributed by atoms with Crippen LogP contribution in [0, 0.1) is 5.92 Å². The SMILES string of the molecule is B.CCOC(=O)C(CNC(=O)OC(C)(C)C)N(CC1CCN(c2ccncc2)CC1)C(=O)CBr. The Morgan fingerprint density at radius 1 is 1.24 bits per heavy atom. The van der Waals surface area contributed by atoms with Crippen molar-refractivity contribution in [3.63, 3.8) is 0 Å². The molecule has 0 bridgehead atoms. The van der Waals surface area contributed by atoms with Crippen molar-refractivity contribution in [2.45, 2.75) is 52.2 Å². The number of alkyl carbamates (subject to hydrolysis) is 1. The number of hydrogen-bond acceptors (Lipinski definition) is 7. The number of amides is 2. The highest BCUT2D eigenvalue weighted by atomic mass is 79.9. The summed E-state index contributed by atoms with van der Waals surface area (Å²) in [4.78, 5) is 45.6. The Bertz CT molecular complexity index is 785. The second kappa shape index (κ2) is 14.2. The summed E-state index contributed by atoms with van der Waals surface area (Å²) in [7, 11) is 0. The molecule has 2 rings (SSSR count). The van der Waals surface area contributed by atoms with Gasteiger partial charge in [0.25, 0.3) is 0 Å². The molecule has 2 amide bonds. The number of piperidine rings is 1. The Kier molecular flexibility index (Phi) is 12.4. The fourth-order valence-electron chi connectivity index (χ4n) is 3.74. The van der Waals surface area contributed by atoms with Crippen LogP contribution in [0.2, 0.25) is 0 Å². The summed E-state index contributed by atoms with van der Waals surface area (Å²) in [6, 6.07) is 3.04. The lowest BCUT2D eigenvalue weighted by atomic mass is 9.95. The van der Waals surface area contributed by atoms with Crippen LogP contribution in [0.5, 0.6) is 0 Å². The van der Waals surface area contributed by atoms with Crippen LogP contribution in [0.4, 0.5) is 10.5 Å². The van der Waals surface area contributed by atoms with Gasteiger partial charge in [-0.3, -0.25) is 9.78 Å². The van der Waals surface area contributed by atoms with Crippen molar-refractivity contribution in [1.29, 1.82) is 0 Å². The number of carbonyl (C=O) groups excluding carboxylic acids is 3. The highest BCUT2D eigenvalue weighted by Crippen LogP contribution is 2.24. The van der Waals surface area contributed by atoms with Crippen molar-refractivity contribution in [3.8, 4) is 0 Å². The molecule has 1 saturated heterocycles. The number of halogens is 1. The van der Waals surface area contributed by atoms with Gasteiger partial charge >= 0.3 is 12.1 Å². The van der Waals surface area contributed by atoms with Crippen LogP contribution in [0.25, 0.3) is 0 Å². The monoisotopic (exact) mass is 540 g/mol. The number of carbonyl (C=O) groups is 3. The number of anilines is 1. The smallest absolute Gasteiger partial charge is 0.407 e. The highest BCUT2D eigenvalue weighted by Gasteiger charge is 2.34. The van der Waals surface area contributed by atoms with E-state index in [-0.39, 0.29) is 38.7 Å². The summed E-state index contributed by atoms with van der Waals surface area (Å²) in [5.41, 5.74) is 0.459. The van der Waals surface area contributed by atoms with Gasteiger partial charge in [-0.25, -0.2) is 9.59 Å². The van der Waals surface area contributed by atoms with Gasteiger partial charge in [-0.2, -0.15) is 0 Å². The molecule has 34 heavy (non-hydrogen) atoms. The number of alkyl halides is 1. The van der Waals surface area contributed by atoms with E-state index in [1.54, 1.807) is 40.1 Å². The molecule has 1 atom stereocenters. The van der Waals surface area contributed by atoms with Gasteiger partial charge in [-0.15, -0.1) is 0 Å². The highest BCUT2D eigenvalue weighted by molar-refractivity contribution is 9.09. The van der Waals surface area contributed by atoms with Gasteiger partial charge < -0.3 is 24.6 Å². The van der Waals surface area contributed by atoms with Crippen LogP contribution in [-0.4, -0.2) is 86.0 Å². The minimum atomic E-state index is -0.930. The van der Waals surface area contributed by atoms with Crippen molar-refractivity contribution in [1.82, 2.24) is 15.2 Å². The van der Waals surface area contributed by atoms with Gasteiger partial charge in [0.1, 0.15) is 11.6 Å². The van der Waals surface area contributed by atoms with E-state index in [1.807, 2.05) is 12.1 Å². The van der Waals surface area contributed by atoms with Crippen molar-refractivity contribution < 1.29 is 23.9 Å². The van der Waals surface area contributed by atoms with E-state index in [4.69, 9.17) is 9.47 Å². The molecule has 0 aliphatic carbocycles. The van der Waals surface area contributed by atoms with Gasteiger partial charge in [0.15, 0.2) is 0 Å². The maximum atomic E-state index is 12.8. The topological polar surface area (TPSA) is 101 Å². The predicted molar refractivity (Wildman–Crippen MR) is 139 cm³/mol. The van der Waals surface area contributed by atoms with E-state index in [1.165, 1.54) is 4.90 Å².